The Morgan fingerprint density at radius 1 is 1.05 bits per heavy atom. The number of sulfonamides is 1. The van der Waals surface area contributed by atoms with Crippen LogP contribution in [0.15, 0.2) is 71.6 Å². The number of hydrogen-bond acceptors (Lipinski definition) is 5. The van der Waals surface area contributed by atoms with Crippen molar-refractivity contribution < 1.29 is 22.3 Å². The Labute approximate surface area is 233 Å². The second kappa shape index (κ2) is 11.4. The first kappa shape index (κ1) is 28.6. The van der Waals surface area contributed by atoms with Crippen molar-refractivity contribution >= 4 is 44.3 Å². The number of rotatable bonds is 9. The lowest BCUT2D eigenvalue weighted by atomic mass is 10.2. The normalized spacial score (nSPS) is 12.1. The molecule has 10 heteroatoms. The fourth-order valence-electron chi connectivity index (χ4n) is 4.22. The van der Waals surface area contributed by atoms with Gasteiger partial charge in [0.25, 0.3) is 10.0 Å². The van der Waals surface area contributed by atoms with E-state index in [-0.39, 0.29) is 24.0 Å². The lowest BCUT2D eigenvalue weighted by Gasteiger charge is -2.25. The van der Waals surface area contributed by atoms with Crippen LogP contribution in [-0.4, -0.2) is 29.5 Å². The van der Waals surface area contributed by atoms with Crippen molar-refractivity contribution in [2.45, 2.75) is 64.1 Å². The number of anilines is 1. The molecule has 0 radical (unpaired) electrons. The molecule has 1 heterocycles. The van der Waals surface area contributed by atoms with Gasteiger partial charge in [0.15, 0.2) is 0 Å². The Morgan fingerprint density at radius 2 is 1.72 bits per heavy atom. The van der Waals surface area contributed by atoms with E-state index in [1.54, 1.807) is 42.5 Å². The minimum absolute atomic E-state index is 0.00911. The van der Waals surface area contributed by atoms with Gasteiger partial charge >= 0.3 is 5.97 Å². The molecular formula is C29H31ClFN3O4S. The summed E-state index contributed by atoms with van der Waals surface area (Å²) in [6.07, 6.45) is 1.45. The molecule has 1 aromatic heterocycles. The summed E-state index contributed by atoms with van der Waals surface area (Å²) in [7, 11) is -4.08. The van der Waals surface area contributed by atoms with Crippen LogP contribution in [0.2, 0.25) is 5.02 Å². The first-order valence-electron chi connectivity index (χ1n) is 12.6. The summed E-state index contributed by atoms with van der Waals surface area (Å²) in [6, 6.07) is 16.7. The SMILES string of the molecule is CCCc1nc2cc(N(Cc3ccc(Cl)cc3)S(=O)(=O)c3ccc(F)cc3)ccc2n1CC(=O)OC(C)(C)C. The summed E-state index contributed by atoms with van der Waals surface area (Å²) in [6.45, 7) is 7.46. The molecule has 0 amide bonds. The highest BCUT2D eigenvalue weighted by Crippen LogP contribution is 2.30. The minimum atomic E-state index is -4.08. The molecule has 0 bridgehead atoms. The van der Waals surface area contributed by atoms with E-state index in [2.05, 4.69) is 0 Å². The van der Waals surface area contributed by atoms with E-state index in [9.17, 15) is 17.6 Å². The lowest BCUT2D eigenvalue weighted by Crippen LogP contribution is -2.30. The number of hydrogen-bond donors (Lipinski definition) is 0. The summed E-state index contributed by atoms with van der Waals surface area (Å²) < 4.78 is 49.8. The number of imidazole rings is 1. The largest absolute Gasteiger partial charge is 0.459 e. The summed E-state index contributed by atoms with van der Waals surface area (Å²) in [5.74, 6) is -0.203. The van der Waals surface area contributed by atoms with Crippen molar-refractivity contribution in [2.24, 2.45) is 0 Å². The van der Waals surface area contributed by atoms with Gasteiger partial charge < -0.3 is 9.30 Å². The number of carbonyl (C=O) groups excluding carboxylic acids is 1. The minimum Gasteiger partial charge on any atom is -0.459 e. The molecule has 4 aromatic rings. The topological polar surface area (TPSA) is 81.5 Å². The number of aryl methyl sites for hydroxylation is 1. The summed E-state index contributed by atoms with van der Waals surface area (Å²) >= 11 is 6.03. The quantitative estimate of drug-likeness (QED) is 0.214. The van der Waals surface area contributed by atoms with Crippen LogP contribution in [0, 0.1) is 5.82 Å². The van der Waals surface area contributed by atoms with Gasteiger partial charge in [-0.15, -0.1) is 0 Å². The van der Waals surface area contributed by atoms with Gasteiger partial charge in [-0.25, -0.2) is 17.8 Å². The summed E-state index contributed by atoms with van der Waals surface area (Å²) in [4.78, 5) is 17.4. The van der Waals surface area contributed by atoms with Crippen LogP contribution < -0.4 is 4.31 Å². The van der Waals surface area contributed by atoms with Crippen molar-refractivity contribution in [3.05, 3.63) is 89.0 Å². The molecule has 206 valence electrons. The highest BCUT2D eigenvalue weighted by molar-refractivity contribution is 7.92. The van der Waals surface area contributed by atoms with Crippen molar-refractivity contribution in [1.29, 1.82) is 0 Å². The molecule has 0 unspecified atom stereocenters. The van der Waals surface area contributed by atoms with E-state index in [1.165, 1.54) is 16.4 Å². The van der Waals surface area contributed by atoms with Crippen LogP contribution in [0.5, 0.6) is 0 Å². The van der Waals surface area contributed by atoms with Crippen molar-refractivity contribution in [3.63, 3.8) is 0 Å². The Morgan fingerprint density at radius 3 is 2.33 bits per heavy atom. The van der Waals surface area contributed by atoms with Crippen LogP contribution in [0.25, 0.3) is 11.0 Å². The number of nitrogens with zero attached hydrogens (tertiary/aromatic N) is 3. The third-order valence-corrected chi connectivity index (χ3v) is 7.96. The Balaban J connectivity index is 1.79. The number of esters is 1. The van der Waals surface area contributed by atoms with Crippen LogP contribution in [-0.2, 0) is 39.1 Å². The molecule has 0 aliphatic rings. The summed E-state index contributed by atoms with van der Waals surface area (Å²) in [5.41, 5.74) is 1.72. The van der Waals surface area contributed by atoms with Crippen molar-refractivity contribution in [1.82, 2.24) is 9.55 Å². The Hall–Kier alpha value is -3.43. The zero-order valence-corrected chi connectivity index (χ0v) is 23.9. The molecule has 0 aliphatic carbocycles. The highest BCUT2D eigenvalue weighted by atomic mass is 35.5. The van der Waals surface area contributed by atoms with Gasteiger partial charge in [0, 0.05) is 11.4 Å². The van der Waals surface area contributed by atoms with Crippen LogP contribution >= 0.6 is 11.6 Å². The van der Waals surface area contributed by atoms with Gasteiger partial charge in [0.1, 0.15) is 23.8 Å². The number of fused-ring (bicyclic) bond motifs is 1. The highest BCUT2D eigenvalue weighted by Gasteiger charge is 2.27. The van der Waals surface area contributed by atoms with E-state index in [1.807, 2.05) is 32.3 Å². The van der Waals surface area contributed by atoms with Crippen molar-refractivity contribution in [3.8, 4) is 0 Å². The lowest BCUT2D eigenvalue weighted by molar-refractivity contribution is -0.155. The molecular weight excluding hydrogens is 541 g/mol. The van der Waals surface area contributed by atoms with Crippen LogP contribution in [0.3, 0.4) is 0 Å². The third kappa shape index (κ3) is 6.78. The van der Waals surface area contributed by atoms with Crippen molar-refractivity contribution in [2.75, 3.05) is 4.31 Å². The molecule has 0 atom stereocenters. The molecule has 0 fully saturated rings. The number of benzene rings is 3. The Bertz CT molecular complexity index is 1580. The fraction of sp³-hybridized carbons (Fsp3) is 0.310. The second-order valence-electron chi connectivity index (χ2n) is 10.2. The van der Waals surface area contributed by atoms with Gasteiger partial charge in [-0.3, -0.25) is 9.10 Å². The zero-order chi connectivity index (χ0) is 28.4. The molecule has 0 N–H and O–H groups in total. The third-order valence-electron chi connectivity index (χ3n) is 5.92. The van der Waals surface area contributed by atoms with Crippen LogP contribution in [0.1, 0.15) is 45.5 Å². The zero-order valence-electron chi connectivity index (χ0n) is 22.3. The molecule has 0 saturated carbocycles. The second-order valence-corrected chi connectivity index (χ2v) is 12.5. The van der Waals surface area contributed by atoms with E-state index in [0.717, 1.165) is 18.6 Å². The standard InChI is InChI=1S/C29H31ClFN3O4S/c1-5-6-27-32-25-17-23(13-16-26(25)33(27)19-28(35)38-29(2,3)4)34(18-20-7-9-21(30)10-8-20)39(36,37)24-14-11-22(31)12-15-24/h7-17H,5-6,18-19H2,1-4H3. The van der Waals surface area contributed by atoms with Crippen LogP contribution in [0.4, 0.5) is 10.1 Å². The fourth-order valence-corrected chi connectivity index (χ4v) is 5.79. The van der Waals surface area contributed by atoms with Gasteiger partial charge in [-0.1, -0.05) is 30.7 Å². The van der Waals surface area contributed by atoms with Gasteiger partial charge in [-0.2, -0.15) is 0 Å². The number of carbonyl (C=O) groups is 1. The average molecular weight is 572 g/mol. The molecule has 0 aliphatic heterocycles. The van der Waals surface area contributed by atoms with Gasteiger partial charge in [-0.05, 0) is 87.4 Å². The van der Waals surface area contributed by atoms with Gasteiger partial charge in [0.2, 0.25) is 0 Å². The maximum absolute atomic E-state index is 13.8. The number of ether oxygens (including phenoxy) is 1. The number of halogens is 2. The monoisotopic (exact) mass is 571 g/mol. The first-order valence-corrected chi connectivity index (χ1v) is 14.4. The van der Waals surface area contributed by atoms with E-state index in [0.29, 0.717) is 39.6 Å². The van der Waals surface area contributed by atoms with E-state index >= 15 is 0 Å². The average Bonchev–Trinajstić information content (AvgIpc) is 3.18. The molecule has 0 spiro atoms. The molecule has 3 aromatic carbocycles. The predicted molar refractivity (Wildman–Crippen MR) is 151 cm³/mol. The molecule has 0 saturated heterocycles. The Kier molecular flexibility index (Phi) is 8.32. The van der Waals surface area contributed by atoms with E-state index < -0.39 is 21.4 Å². The summed E-state index contributed by atoms with van der Waals surface area (Å²) in [5, 5.41) is 0.534. The number of aromatic nitrogens is 2. The predicted octanol–water partition coefficient (Wildman–Crippen LogP) is 6.52. The van der Waals surface area contributed by atoms with E-state index in [4.69, 9.17) is 21.3 Å². The molecule has 39 heavy (non-hydrogen) atoms. The maximum Gasteiger partial charge on any atom is 0.326 e. The smallest absolute Gasteiger partial charge is 0.326 e. The first-order chi connectivity index (χ1) is 18.4. The molecule has 4 rings (SSSR count). The maximum atomic E-state index is 13.8. The molecule has 7 nitrogen and oxygen atoms in total. The van der Waals surface area contributed by atoms with Gasteiger partial charge in [0.05, 0.1) is 28.2 Å².